The average Bonchev–Trinajstić information content (AvgIpc) is 2.61. The molecule has 9 nitrogen and oxygen atoms in total. The van der Waals surface area contributed by atoms with Gasteiger partial charge in [-0.2, -0.15) is 0 Å². The first-order valence-corrected chi connectivity index (χ1v) is 8.76. The first kappa shape index (κ1) is 17.4. The smallest absolute Gasteiger partial charge is 0.277 e. The first-order valence-electron chi connectivity index (χ1n) is 7.32. The summed E-state index contributed by atoms with van der Waals surface area (Å²) in [5, 5.41) is 12.8. The van der Waals surface area contributed by atoms with Crippen LogP contribution in [0.25, 0.3) is 5.76 Å². The summed E-state index contributed by atoms with van der Waals surface area (Å²) in [7, 11) is -2.85. The largest absolute Gasteiger partial charge is 0.505 e. The molecular formula is C16H14N4O5S. The highest BCUT2D eigenvalue weighted by Gasteiger charge is 2.37. The molecule has 0 bridgehead atoms. The Hall–Kier alpha value is -3.40. The number of nitrogens with one attached hydrogen (secondary N) is 1. The molecule has 0 aliphatic carbocycles. The average molecular weight is 374 g/mol. The molecule has 26 heavy (non-hydrogen) atoms. The molecule has 0 atom stereocenters. The maximum Gasteiger partial charge on any atom is 0.277 e. The minimum absolute atomic E-state index is 0.0174. The summed E-state index contributed by atoms with van der Waals surface area (Å²) in [5.74, 6) is -2.12. The van der Waals surface area contributed by atoms with Crippen molar-refractivity contribution in [3.8, 4) is 0 Å². The van der Waals surface area contributed by atoms with Crippen molar-refractivity contribution in [2.45, 2.75) is 4.90 Å². The predicted octanol–water partition coefficient (Wildman–Crippen LogP) is 0.680. The second-order valence-corrected chi connectivity index (χ2v) is 7.35. The number of nitrogens with zero attached hydrogens (tertiary/aromatic N) is 2. The normalized spacial score (nSPS) is 15.3. The predicted molar refractivity (Wildman–Crippen MR) is 92.3 cm³/mol. The monoisotopic (exact) mass is 374 g/mol. The number of primary amides is 1. The number of carbonyl (C=O) groups excluding carboxylic acids is 2. The van der Waals surface area contributed by atoms with Gasteiger partial charge in [0.25, 0.3) is 15.9 Å². The molecule has 1 aliphatic heterocycles. The van der Waals surface area contributed by atoms with E-state index in [1.54, 1.807) is 6.07 Å². The quantitative estimate of drug-likeness (QED) is 0.721. The van der Waals surface area contributed by atoms with Crippen LogP contribution in [0.4, 0.5) is 5.82 Å². The number of hydrogen-bond acceptors (Lipinski definition) is 6. The number of sulfonamides is 1. The van der Waals surface area contributed by atoms with Crippen LogP contribution in [-0.4, -0.2) is 41.7 Å². The Balaban J connectivity index is 2.04. The third kappa shape index (κ3) is 2.75. The lowest BCUT2D eigenvalue weighted by molar-refractivity contribution is -0.113. The van der Waals surface area contributed by atoms with Gasteiger partial charge in [-0.3, -0.25) is 13.9 Å². The molecule has 3 rings (SSSR count). The molecule has 0 spiro atoms. The Morgan fingerprint density at radius 3 is 2.62 bits per heavy atom. The van der Waals surface area contributed by atoms with Crippen LogP contribution in [0.3, 0.4) is 0 Å². The van der Waals surface area contributed by atoms with Crippen molar-refractivity contribution in [2.24, 2.45) is 5.73 Å². The Morgan fingerprint density at radius 2 is 1.92 bits per heavy atom. The van der Waals surface area contributed by atoms with Crippen molar-refractivity contribution >= 4 is 33.4 Å². The Kier molecular flexibility index (Phi) is 4.12. The van der Waals surface area contributed by atoms with Gasteiger partial charge in [0.15, 0.2) is 11.5 Å². The van der Waals surface area contributed by atoms with Crippen LogP contribution in [0.15, 0.2) is 53.2 Å². The number of anilines is 1. The fraction of sp³-hybridized carbons (Fsp3) is 0.0625. The molecule has 4 N–H and O–H groups in total. The molecule has 1 aromatic heterocycles. The van der Waals surface area contributed by atoms with Crippen LogP contribution in [0.2, 0.25) is 0 Å². The summed E-state index contributed by atoms with van der Waals surface area (Å²) in [6, 6.07) is 8.40. The van der Waals surface area contributed by atoms with E-state index in [4.69, 9.17) is 5.73 Å². The molecule has 134 valence electrons. The number of aromatic nitrogens is 1. The lowest BCUT2D eigenvalue weighted by Gasteiger charge is -2.28. The number of hydrogen-bond donors (Lipinski definition) is 3. The van der Waals surface area contributed by atoms with Crippen molar-refractivity contribution in [2.75, 3.05) is 12.4 Å². The number of pyridine rings is 1. The van der Waals surface area contributed by atoms with Gasteiger partial charge < -0.3 is 16.2 Å². The number of aliphatic hydroxyl groups excluding tert-OH is 1. The lowest BCUT2D eigenvalue weighted by Crippen LogP contribution is -2.37. The van der Waals surface area contributed by atoms with Crippen molar-refractivity contribution in [3.05, 3.63) is 59.4 Å². The van der Waals surface area contributed by atoms with Gasteiger partial charge in [-0.15, -0.1) is 0 Å². The highest BCUT2D eigenvalue weighted by Crippen LogP contribution is 2.34. The molecule has 2 aromatic rings. The molecule has 2 heterocycles. The molecule has 0 saturated carbocycles. The van der Waals surface area contributed by atoms with Gasteiger partial charge in [-0.1, -0.05) is 12.1 Å². The van der Waals surface area contributed by atoms with E-state index in [1.165, 1.54) is 36.5 Å². The Bertz CT molecular complexity index is 1060. The molecule has 2 amide bonds. The van der Waals surface area contributed by atoms with E-state index in [2.05, 4.69) is 10.3 Å². The molecule has 1 aromatic carbocycles. The first-order chi connectivity index (χ1) is 12.2. The number of rotatable bonds is 3. The molecule has 1 aliphatic rings. The molecule has 0 saturated heterocycles. The second kappa shape index (κ2) is 6.15. The summed E-state index contributed by atoms with van der Waals surface area (Å²) in [6.07, 6.45) is 1.26. The fourth-order valence-electron chi connectivity index (χ4n) is 2.51. The van der Waals surface area contributed by atoms with Crippen LogP contribution in [0.1, 0.15) is 15.9 Å². The Labute approximate surface area is 148 Å². The maximum absolute atomic E-state index is 12.6. The number of amides is 2. The van der Waals surface area contributed by atoms with Gasteiger partial charge in [0.1, 0.15) is 5.82 Å². The van der Waals surface area contributed by atoms with Gasteiger partial charge in [0.05, 0.1) is 4.90 Å². The van der Waals surface area contributed by atoms with Gasteiger partial charge in [-0.05, 0) is 24.3 Å². The van der Waals surface area contributed by atoms with Gasteiger partial charge in [0.2, 0.25) is 5.91 Å². The summed E-state index contributed by atoms with van der Waals surface area (Å²) >= 11 is 0. The molecular weight excluding hydrogens is 360 g/mol. The Morgan fingerprint density at radius 1 is 1.23 bits per heavy atom. The minimum Gasteiger partial charge on any atom is -0.505 e. The van der Waals surface area contributed by atoms with Crippen molar-refractivity contribution in [1.29, 1.82) is 0 Å². The summed E-state index contributed by atoms with van der Waals surface area (Å²) in [4.78, 5) is 27.6. The zero-order valence-electron chi connectivity index (χ0n) is 13.5. The van der Waals surface area contributed by atoms with E-state index in [-0.39, 0.29) is 21.8 Å². The summed E-state index contributed by atoms with van der Waals surface area (Å²) in [6.45, 7) is 0. The topological polar surface area (TPSA) is 143 Å². The van der Waals surface area contributed by atoms with E-state index in [1.807, 2.05) is 0 Å². The van der Waals surface area contributed by atoms with Crippen molar-refractivity contribution in [1.82, 2.24) is 9.29 Å². The van der Waals surface area contributed by atoms with Crippen molar-refractivity contribution < 1.29 is 23.1 Å². The van der Waals surface area contributed by atoms with Gasteiger partial charge in [-0.25, -0.2) is 13.4 Å². The second-order valence-electron chi connectivity index (χ2n) is 5.41. The third-order valence-electron chi connectivity index (χ3n) is 3.82. The van der Waals surface area contributed by atoms with E-state index < -0.39 is 33.3 Å². The van der Waals surface area contributed by atoms with Crippen LogP contribution in [0.5, 0.6) is 0 Å². The summed E-state index contributed by atoms with van der Waals surface area (Å²) in [5.41, 5.74) is 4.85. The number of benzene rings is 1. The van der Waals surface area contributed by atoms with Gasteiger partial charge >= 0.3 is 0 Å². The van der Waals surface area contributed by atoms with E-state index in [0.717, 1.165) is 7.05 Å². The highest BCUT2D eigenvalue weighted by molar-refractivity contribution is 7.89. The third-order valence-corrected chi connectivity index (χ3v) is 5.64. The SMILES string of the molecule is CN1C(C(=O)Nc2cc(C(N)=O)ccn2)=C(O)c2ccccc2S1(=O)=O. The zero-order valence-corrected chi connectivity index (χ0v) is 14.3. The number of nitrogens with two attached hydrogens (primary N) is 1. The van der Waals surface area contributed by atoms with E-state index >= 15 is 0 Å². The van der Waals surface area contributed by atoms with E-state index in [9.17, 15) is 23.1 Å². The van der Waals surface area contributed by atoms with Crippen LogP contribution in [-0.2, 0) is 14.8 Å². The zero-order chi connectivity index (χ0) is 19.1. The van der Waals surface area contributed by atoms with Crippen molar-refractivity contribution in [3.63, 3.8) is 0 Å². The fourth-order valence-corrected chi connectivity index (χ4v) is 3.91. The lowest BCUT2D eigenvalue weighted by atomic mass is 10.1. The molecule has 10 heteroatoms. The number of aliphatic hydroxyl groups is 1. The van der Waals surface area contributed by atoms with Crippen LogP contribution in [0, 0.1) is 0 Å². The van der Waals surface area contributed by atoms with Gasteiger partial charge in [0, 0.05) is 24.4 Å². The standard InChI is InChI=1S/C16H14N4O5S/c1-20-13(14(21)10-4-2-3-5-11(10)26(20,24)25)16(23)19-12-8-9(15(17)22)6-7-18-12/h2-8,21H,1H3,(H2,17,22)(H,18,19,23). The van der Waals surface area contributed by atoms with E-state index in [0.29, 0.717) is 4.31 Å². The molecule has 0 unspecified atom stereocenters. The maximum atomic E-state index is 12.6. The summed E-state index contributed by atoms with van der Waals surface area (Å²) < 4.78 is 25.9. The number of likely N-dealkylation sites (N-methyl/N-ethyl adjacent to an activating group) is 1. The number of fused-ring (bicyclic) bond motifs is 1. The number of carbonyl (C=O) groups is 2. The molecule has 0 fully saturated rings. The van der Waals surface area contributed by atoms with Crippen LogP contribution < -0.4 is 11.1 Å². The highest BCUT2D eigenvalue weighted by atomic mass is 32.2. The van der Waals surface area contributed by atoms with Crippen LogP contribution >= 0.6 is 0 Å². The minimum atomic E-state index is -4.00. The molecule has 0 radical (unpaired) electrons.